The topological polar surface area (TPSA) is 41.5 Å². The third-order valence-corrected chi connectivity index (χ3v) is 4.63. The summed E-state index contributed by atoms with van der Waals surface area (Å²) in [6.07, 6.45) is 1.76. The molecule has 0 aromatic heterocycles. The Morgan fingerprint density at radius 3 is 2.84 bits per heavy atom. The standard InChI is InChI=1S/C14H19Cl2NO2/c1-14(8-18)7-9(5-6-17-14)12-11(19-2)4-3-10(15)13(12)16/h3-4,9,17-18H,5-8H2,1-2H3/t9-,14-/m1/s1. The zero-order valence-corrected chi connectivity index (χ0v) is 12.7. The molecule has 0 aliphatic carbocycles. The first-order valence-corrected chi connectivity index (χ1v) is 7.14. The van der Waals surface area contributed by atoms with Crippen LogP contribution in [-0.2, 0) is 0 Å². The molecule has 0 amide bonds. The molecule has 19 heavy (non-hydrogen) atoms. The smallest absolute Gasteiger partial charge is 0.123 e. The van der Waals surface area contributed by atoms with Crippen LogP contribution in [-0.4, -0.2) is 30.9 Å². The molecule has 5 heteroatoms. The first-order chi connectivity index (χ1) is 9.00. The van der Waals surface area contributed by atoms with E-state index in [1.165, 1.54) is 0 Å². The number of nitrogens with one attached hydrogen (secondary N) is 1. The summed E-state index contributed by atoms with van der Waals surface area (Å²) in [5.74, 6) is 1.00. The Morgan fingerprint density at radius 2 is 2.21 bits per heavy atom. The van der Waals surface area contributed by atoms with Gasteiger partial charge in [-0.05, 0) is 44.4 Å². The van der Waals surface area contributed by atoms with Crippen molar-refractivity contribution in [1.82, 2.24) is 5.32 Å². The third-order valence-electron chi connectivity index (χ3n) is 3.81. The molecule has 0 radical (unpaired) electrons. The number of hydrogen-bond acceptors (Lipinski definition) is 3. The average Bonchev–Trinajstić information content (AvgIpc) is 2.41. The molecule has 1 saturated heterocycles. The van der Waals surface area contributed by atoms with Gasteiger partial charge in [-0.3, -0.25) is 0 Å². The summed E-state index contributed by atoms with van der Waals surface area (Å²) >= 11 is 12.5. The fourth-order valence-corrected chi connectivity index (χ4v) is 3.22. The second kappa shape index (κ2) is 5.88. The fraction of sp³-hybridized carbons (Fsp3) is 0.571. The van der Waals surface area contributed by atoms with Crippen molar-refractivity contribution in [3.05, 3.63) is 27.7 Å². The molecule has 1 aromatic carbocycles. The first kappa shape index (κ1) is 14.9. The van der Waals surface area contributed by atoms with Gasteiger partial charge in [0.15, 0.2) is 0 Å². The van der Waals surface area contributed by atoms with E-state index < -0.39 is 0 Å². The van der Waals surface area contributed by atoms with Gasteiger partial charge >= 0.3 is 0 Å². The molecule has 0 spiro atoms. The van der Waals surface area contributed by atoms with Crippen molar-refractivity contribution in [2.75, 3.05) is 20.3 Å². The summed E-state index contributed by atoms with van der Waals surface area (Å²) in [6.45, 7) is 2.96. The van der Waals surface area contributed by atoms with E-state index in [1.807, 2.05) is 13.0 Å². The summed E-state index contributed by atoms with van der Waals surface area (Å²) in [6, 6.07) is 3.60. The Bertz CT molecular complexity index is 467. The number of aliphatic hydroxyl groups is 1. The van der Waals surface area contributed by atoms with Crippen LogP contribution in [0.4, 0.5) is 0 Å². The van der Waals surface area contributed by atoms with Gasteiger partial charge in [0.25, 0.3) is 0 Å². The number of halogens is 2. The maximum absolute atomic E-state index is 9.51. The molecule has 3 nitrogen and oxygen atoms in total. The van der Waals surface area contributed by atoms with Crippen LogP contribution in [0.3, 0.4) is 0 Å². The van der Waals surface area contributed by atoms with Gasteiger partial charge in [-0.2, -0.15) is 0 Å². The normalized spacial score (nSPS) is 27.3. The summed E-state index contributed by atoms with van der Waals surface area (Å²) < 4.78 is 5.41. The van der Waals surface area contributed by atoms with Crippen molar-refractivity contribution in [2.24, 2.45) is 0 Å². The number of benzene rings is 1. The van der Waals surface area contributed by atoms with Crippen molar-refractivity contribution in [3.8, 4) is 5.75 Å². The zero-order chi connectivity index (χ0) is 14.0. The van der Waals surface area contributed by atoms with Gasteiger partial charge in [0.2, 0.25) is 0 Å². The molecule has 2 atom stereocenters. The third kappa shape index (κ3) is 3.00. The SMILES string of the molecule is COc1ccc(Cl)c(Cl)c1[C@@H]1CCN[C@@](C)(CO)C1. The first-order valence-electron chi connectivity index (χ1n) is 6.38. The number of ether oxygens (including phenoxy) is 1. The molecule has 0 bridgehead atoms. The summed E-state index contributed by atoms with van der Waals surface area (Å²) in [4.78, 5) is 0. The lowest BCUT2D eigenvalue weighted by atomic mass is 9.79. The lowest BCUT2D eigenvalue weighted by Gasteiger charge is -2.38. The van der Waals surface area contributed by atoms with Crippen LogP contribution >= 0.6 is 23.2 Å². The molecule has 1 heterocycles. The number of rotatable bonds is 3. The monoisotopic (exact) mass is 303 g/mol. The number of aliphatic hydroxyl groups excluding tert-OH is 1. The molecule has 0 unspecified atom stereocenters. The van der Waals surface area contributed by atoms with E-state index in [0.29, 0.717) is 10.0 Å². The second-order valence-electron chi connectivity index (χ2n) is 5.31. The molecule has 1 aliphatic heterocycles. The van der Waals surface area contributed by atoms with E-state index >= 15 is 0 Å². The minimum absolute atomic E-state index is 0.101. The van der Waals surface area contributed by atoms with Crippen LogP contribution < -0.4 is 10.1 Å². The van der Waals surface area contributed by atoms with Gasteiger partial charge in [0.1, 0.15) is 5.75 Å². The van der Waals surface area contributed by atoms with Crippen molar-refractivity contribution in [1.29, 1.82) is 0 Å². The quantitative estimate of drug-likeness (QED) is 0.901. The second-order valence-corrected chi connectivity index (χ2v) is 6.10. The Hall–Kier alpha value is -0.480. The van der Waals surface area contributed by atoms with Gasteiger partial charge in [0, 0.05) is 11.1 Å². The lowest BCUT2D eigenvalue weighted by Crippen LogP contribution is -2.50. The molecular weight excluding hydrogens is 285 g/mol. The van der Waals surface area contributed by atoms with Crippen LogP contribution in [0.2, 0.25) is 10.0 Å². The fourth-order valence-electron chi connectivity index (χ4n) is 2.74. The van der Waals surface area contributed by atoms with Crippen LogP contribution in [0.5, 0.6) is 5.75 Å². The maximum Gasteiger partial charge on any atom is 0.123 e. The highest BCUT2D eigenvalue weighted by atomic mass is 35.5. The highest BCUT2D eigenvalue weighted by Crippen LogP contribution is 2.43. The summed E-state index contributed by atoms with van der Waals surface area (Å²) in [5.41, 5.74) is 0.678. The molecule has 1 aliphatic rings. The summed E-state index contributed by atoms with van der Waals surface area (Å²) in [5, 5.41) is 14.0. The van der Waals surface area contributed by atoms with Crippen molar-refractivity contribution >= 4 is 23.2 Å². The molecule has 1 fully saturated rings. The zero-order valence-electron chi connectivity index (χ0n) is 11.2. The van der Waals surface area contributed by atoms with Crippen molar-refractivity contribution in [3.63, 3.8) is 0 Å². The van der Waals surface area contributed by atoms with Crippen molar-refractivity contribution in [2.45, 2.75) is 31.2 Å². The molecule has 2 rings (SSSR count). The van der Waals surface area contributed by atoms with Gasteiger partial charge in [-0.1, -0.05) is 23.2 Å². The highest BCUT2D eigenvalue weighted by molar-refractivity contribution is 6.42. The van der Waals surface area contributed by atoms with E-state index in [1.54, 1.807) is 13.2 Å². The van der Waals surface area contributed by atoms with Gasteiger partial charge in [-0.15, -0.1) is 0 Å². The number of hydrogen-bond donors (Lipinski definition) is 2. The Morgan fingerprint density at radius 1 is 1.47 bits per heavy atom. The number of methoxy groups -OCH3 is 1. The Balaban J connectivity index is 2.38. The predicted molar refractivity (Wildman–Crippen MR) is 78.5 cm³/mol. The minimum atomic E-state index is -0.278. The van der Waals surface area contributed by atoms with E-state index in [2.05, 4.69) is 5.32 Å². The van der Waals surface area contributed by atoms with Gasteiger partial charge in [-0.25, -0.2) is 0 Å². The Kier molecular flexibility index (Phi) is 4.62. The molecule has 2 N–H and O–H groups in total. The van der Waals surface area contributed by atoms with Gasteiger partial charge in [0.05, 0.1) is 23.8 Å². The molecule has 1 aromatic rings. The van der Waals surface area contributed by atoms with E-state index in [-0.39, 0.29) is 18.1 Å². The summed E-state index contributed by atoms with van der Waals surface area (Å²) in [7, 11) is 1.63. The van der Waals surface area contributed by atoms with Crippen molar-refractivity contribution < 1.29 is 9.84 Å². The minimum Gasteiger partial charge on any atom is -0.496 e. The lowest BCUT2D eigenvalue weighted by molar-refractivity contribution is 0.137. The molecular formula is C14H19Cl2NO2. The van der Waals surface area contributed by atoms with Crippen LogP contribution in [0.25, 0.3) is 0 Å². The largest absolute Gasteiger partial charge is 0.496 e. The van der Waals surface area contributed by atoms with E-state index in [9.17, 15) is 5.11 Å². The van der Waals surface area contributed by atoms with Crippen LogP contribution in [0.1, 0.15) is 31.2 Å². The molecule has 0 saturated carbocycles. The van der Waals surface area contributed by atoms with Crippen LogP contribution in [0, 0.1) is 0 Å². The van der Waals surface area contributed by atoms with E-state index in [4.69, 9.17) is 27.9 Å². The number of piperidine rings is 1. The van der Waals surface area contributed by atoms with Crippen LogP contribution in [0.15, 0.2) is 12.1 Å². The molecule has 106 valence electrons. The highest BCUT2D eigenvalue weighted by Gasteiger charge is 2.34. The average molecular weight is 304 g/mol. The predicted octanol–water partition coefficient (Wildman–Crippen LogP) is 3.22. The maximum atomic E-state index is 9.51. The van der Waals surface area contributed by atoms with E-state index in [0.717, 1.165) is 30.7 Å². The van der Waals surface area contributed by atoms with Gasteiger partial charge < -0.3 is 15.2 Å². The Labute approximate surface area is 123 Å².